The van der Waals surface area contributed by atoms with Crippen molar-refractivity contribution in [2.45, 2.75) is 33.2 Å². The quantitative estimate of drug-likeness (QED) is 0.853. The van der Waals surface area contributed by atoms with Crippen LogP contribution < -0.4 is 10.6 Å². The van der Waals surface area contributed by atoms with Gasteiger partial charge in [0.25, 0.3) is 5.91 Å². The summed E-state index contributed by atoms with van der Waals surface area (Å²) in [6.45, 7) is 6.13. The topological polar surface area (TPSA) is 54.0 Å². The third-order valence-electron chi connectivity index (χ3n) is 3.47. The SMILES string of the molecule is CCC(C)Nc1ccc(C(=O)Nc2cc(Cl)ccc2C)nc1. The Morgan fingerprint density at radius 2 is 2.09 bits per heavy atom. The molecule has 0 bridgehead atoms. The monoisotopic (exact) mass is 317 g/mol. The predicted molar refractivity (Wildman–Crippen MR) is 91.8 cm³/mol. The van der Waals surface area contributed by atoms with Crippen molar-refractivity contribution in [3.8, 4) is 0 Å². The molecule has 1 unspecified atom stereocenters. The zero-order chi connectivity index (χ0) is 16.1. The van der Waals surface area contributed by atoms with E-state index in [0.29, 0.717) is 22.4 Å². The van der Waals surface area contributed by atoms with Crippen molar-refractivity contribution in [2.24, 2.45) is 0 Å². The number of pyridine rings is 1. The van der Waals surface area contributed by atoms with Gasteiger partial charge < -0.3 is 10.6 Å². The van der Waals surface area contributed by atoms with E-state index in [-0.39, 0.29) is 5.91 Å². The third-order valence-corrected chi connectivity index (χ3v) is 3.70. The average molecular weight is 318 g/mol. The Balaban J connectivity index is 2.08. The summed E-state index contributed by atoms with van der Waals surface area (Å²) >= 11 is 5.95. The standard InChI is InChI=1S/C17H20ClN3O/c1-4-12(3)20-14-7-8-15(19-10-14)17(22)21-16-9-13(18)6-5-11(16)2/h5-10,12,20H,4H2,1-3H3,(H,21,22). The molecule has 116 valence electrons. The van der Waals surface area contributed by atoms with Gasteiger partial charge in [-0.3, -0.25) is 4.79 Å². The van der Waals surface area contributed by atoms with Gasteiger partial charge in [0.05, 0.1) is 11.9 Å². The number of rotatable bonds is 5. The Morgan fingerprint density at radius 3 is 2.73 bits per heavy atom. The van der Waals surface area contributed by atoms with E-state index in [1.54, 1.807) is 24.4 Å². The molecule has 2 rings (SSSR count). The second-order valence-corrected chi connectivity index (χ2v) is 5.74. The van der Waals surface area contributed by atoms with Crippen LogP contribution in [-0.4, -0.2) is 16.9 Å². The normalized spacial score (nSPS) is 11.8. The molecule has 0 aliphatic carbocycles. The summed E-state index contributed by atoms with van der Waals surface area (Å²) in [5.74, 6) is -0.250. The van der Waals surface area contributed by atoms with Gasteiger partial charge in [-0.15, -0.1) is 0 Å². The van der Waals surface area contributed by atoms with E-state index < -0.39 is 0 Å². The number of amides is 1. The summed E-state index contributed by atoms with van der Waals surface area (Å²) in [5, 5.41) is 6.73. The van der Waals surface area contributed by atoms with Crippen molar-refractivity contribution >= 4 is 28.9 Å². The van der Waals surface area contributed by atoms with Gasteiger partial charge in [-0.25, -0.2) is 4.98 Å². The predicted octanol–water partition coefficient (Wildman–Crippen LogP) is 4.51. The van der Waals surface area contributed by atoms with Crippen LogP contribution in [0.15, 0.2) is 36.5 Å². The molecule has 1 atom stereocenters. The molecule has 22 heavy (non-hydrogen) atoms. The molecule has 0 saturated carbocycles. The van der Waals surface area contributed by atoms with E-state index in [0.717, 1.165) is 17.7 Å². The van der Waals surface area contributed by atoms with Crippen LogP contribution >= 0.6 is 11.6 Å². The second-order valence-electron chi connectivity index (χ2n) is 5.30. The first-order valence-electron chi connectivity index (χ1n) is 7.29. The number of aromatic nitrogens is 1. The lowest BCUT2D eigenvalue weighted by Crippen LogP contribution is -2.16. The molecule has 1 amide bonds. The Kier molecular flexibility index (Phi) is 5.39. The summed E-state index contributed by atoms with van der Waals surface area (Å²) in [6, 6.07) is 9.33. The van der Waals surface area contributed by atoms with Gasteiger partial charge in [0, 0.05) is 16.8 Å². The highest BCUT2D eigenvalue weighted by Crippen LogP contribution is 2.20. The van der Waals surface area contributed by atoms with Gasteiger partial charge in [0.2, 0.25) is 0 Å². The van der Waals surface area contributed by atoms with Gasteiger partial charge in [0.15, 0.2) is 0 Å². The number of hydrogen-bond donors (Lipinski definition) is 2. The molecule has 1 aromatic heterocycles. The summed E-state index contributed by atoms with van der Waals surface area (Å²) in [5.41, 5.74) is 2.92. The molecule has 1 heterocycles. The average Bonchev–Trinajstić information content (AvgIpc) is 2.51. The fourth-order valence-corrected chi connectivity index (χ4v) is 2.09. The lowest BCUT2D eigenvalue weighted by molar-refractivity contribution is 0.102. The Hall–Kier alpha value is -2.07. The van der Waals surface area contributed by atoms with Gasteiger partial charge >= 0.3 is 0 Å². The Morgan fingerprint density at radius 1 is 1.32 bits per heavy atom. The third kappa shape index (κ3) is 4.21. The second kappa shape index (κ2) is 7.27. The number of carbonyl (C=O) groups excluding carboxylic acids is 1. The molecule has 2 aromatic rings. The molecule has 1 aromatic carbocycles. The fraction of sp³-hybridized carbons (Fsp3) is 0.294. The highest BCUT2D eigenvalue weighted by Gasteiger charge is 2.10. The number of anilines is 2. The summed E-state index contributed by atoms with van der Waals surface area (Å²) in [7, 11) is 0. The first-order valence-corrected chi connectivity index (χ1v) is 7.67. The lowest BCUT2D eigenvalue weighted by Gasteiger charge is -2.13. The van der Waals surface area contributed by atoms with Crippen LogP contribution in [0.2, 0.25) is 5.02 Å². The van der Waals surface area contributed by atoms with E-state index in [2.05, 4.69) is 29.5 Å². The number of nitrogens with zero attached hydrogens (tertiary/aromatic N) is 1. The molecule has 0 aliphatic rings. The van der Waals surface area contributed by atoms with Gasteiger partial charge in [-0.05, 0) is 50.1 Å². The van der Waals surface area contributed by atoms with Crippen molar-refractivity contribution in [1.82, 2.24) is 4.98 Å². The van der Waals surface area contributed by atoms with Crippen molar-refractivity contribution in [1.29, 1.82) is 0 Å². The maximum absolute atomic E-state index is 12.2. The summed E-state index contributed by atoms with van der Waals surface area (Å²) < 4.78 is 0. The molecule has 2 N–H and O–H groups in total. The minimum atomic E-state index is -0.250. The Labute approximate surface area is 135 Å². The van der Waals surface area contributed by atoms with Crippen LogP contribution in [0.4, 0.5) is 11.4 Å². The number of aryl methyl sites for hydroxylation is 1. The molecule has 4 nitrogen and oxygen atoms in total. The Bertz CT molecular complexity index is 655. The molecule has 0 spiro atoms. The molecular formula is C17H20ClN3O. The first kappa shape index (κ1) is 16.3. The summed E-state index contributed by atoms with van der Waals surface area (Å²) in [4.78, 5) is 16.4. The molecule has 0 aliphatic heterocycles. The largest absolute Gasteiger partial charge is 0.381 e. The van der Waals surface area contributed by atoms with E-state index in [9.17, 15) is 4.79 Å². The highest BCUT2D eigenvalue weighted by molar-refractivity contribution is 6.31. The van der Waals surface area contributed by atoms with Crippen molar-refractivity contribution in [3.05, 3.63) is 52.8 Å². The van der Waals surface area contributed by atoms with E-state index in [4.69, 9.17) is 11.6 Å². The molecular weight excluding hydrogens is 298 g/mol. The number of halogens is 1. The zero-order valence-electron chi connectivity index (χ0n) is 13.0. The first-order chi connectivity index (χ1) is 10.5. The minimum Gasteiger partial charge on any atom is -0.381 e. The smallest absolute Gasteiger partial charge is 0.274 e. The van der Waals surface area contributed by atoms with E-state index in [1.807, 2.05) is 19.1 Å². The molecule has 5 heteroatoms. The van der Waals surface area contributed by atoms with Crippen molar-refractivity contribution in [2.75, 3.05) is 10.6 Å². The highest BCUT2D eigenvalue weighted by atomic mass is 35.5. The number of carbonyl (C=O) groups is 1. The number of benzene rings is 1. The maximum atomic E-state index is 12.2. The van der Waals surface area contributed by atoms with Gasteiger partial charge in [-0.2, -0.15) is 0 Å². The van der Waals surface area contributed by atoms with E-state index >= 15 is 0 Å². The molecule has 0 saturated heterocycles. The molecule has 0 fully saturated rings. The van der Waals surface area contributed by atoms with Gasteiger partial charge in [-0.1, -0.05) is 24.6 Å². The van der Waals surface area contributed by atoms with E-state index in [1.165, 1.54) is 0 Å². The minimum absolute atomic E-state index is 0.250. The van der Waals surface area contributed by atoms with Crippen LogP contribution in [-0.2, 0) is 0 Å². The van der Waals surface area contributed by atoms with Crippen molar-refractivity contribution < 1.29 is 4.79 Å². The van der Waals surface area contributed by atoms with Crippen LogP contribution in [0.5, 0.6) is 0 Å². The van der Waals surface area contributed by atoms with Crippen molar-refractivity contribution in [3.63, 3.8) is 0 Å². The molecule has 0 radical (unpaired) electrons. The van der Waals surface area contributed by atoms with Crippen LogP contribution in [0.1, 0.15) is 36.3 Å². The number of nitrogens with one attached hydrogen (secondary N) is 2. The fourth-order valence-electron chi connectivity index (χ4n) is 1.92. The van der Waals surface area contributed by atoms with Crippen LogP contribution in [0, 0.1) is 6.92 Å². The lowest BCUT2D eigenvalue weighted by atomic mass is 10.2. The maximum Gasteiger partial charge on any atom is 0.274 e. The van der Waals surface area contributed by atoms with Crippen LogP contribution in [0.3, 0.4) is 0 Å². The van der Waals surface area contributed by atoms with Gasteiger partial charge in [0.1, 0.15) is 5.69 Å². The zero-order valence-corrected chi connectivity index (χ0v) is 13.7. The number of hydrogen-bond acceptors (Lipinski definition) is 3. The summed E-state index contributed by atoms with van der Waals surface area (Å²) in [6.07, 6.45) is 2.70. The van der Waals surface area contributed by atoms with Crippen LogP contribution in [0.25, 0.3) is 0 Å².